The van der Waals surface area contributed by atoms with Gasteiger partial charge in [-0.25, -0.2) is 0 Å². The van der Waals surface area contributed by atoms with E-state index in [4.69, 9.17) is 0 Å². The minimum Gasteiger partial charge on any atom is -0.507 e. The Morgan fingerprint density at radius 1 is 1.14 bits per heavy atom. The van der Waals surface area contributed by atoms with E-state index in [0.717, 1.165) is 26.2 Å². The van der Waals surface area contributed by atoms with Crippen LogP contribution in [0.1, 0.15) is 29.6 Å². The molecule has 4 heteroatoms. The highest BCUT2D eigenvalue weighted by atomic mass is 16.3. The quantitative estimate of drug-likeness (QED) is 0.848. The van der Waals surface area contributed by atoms with Gasteiger partial charge in [-0.15, -0.1) is 0 Å². The van der Waals surface area contributed by atoms with Crippen LogP contribution >= 0.6 is 0 Å². The molecule has 1 aliphatic heterocycles. The summed E-state index contributed by atoms with van der Waals surface area (Å²) in [7, 11) is 0. The molecule has 1 fully saturated rings. The van der Waals surface area contributed by atoms with Gasteiger partial charge in [0.1, 0.15) is 5.75 Å². The van der Waals surface area contributed by atoms with Gasteiger partial charge in [-0.05, 0) is 31.4 Å². The Hall–Kier alpha value is -1.81. The fourth-order valence-corrected chi connectivity index (χ4v) is 3.18. The van der Waals surface area contributed by atoms with E-state index < -0.39 is 0 Å². The lowest BCUT2D eigenvalue weighted by molar-refractivity contribution is 0.0590. The number of hydrogen-bond donors (Lipinski definition) is 1. The molecule has 1 saturated heterocycles. The smallest absolute Gasteiger partial charge is 0.257 e. The first-order chi connectivity index (χ1) is 10.3. The summed E-state index contributed by atoms with van der Waals surface area (Å²) in [5, 5.41) is 9.80. The molecule has 1 aliphatic carbocycles. The molecule has 1 unspecified atom stereocenters. The van der Waals surface area contributed by atoms with Crippen LogP contribution in [0.4, 0.5) is 0 Å². The molecule has 0 aromatic heterocycles. The molecule has 0 spiro atoms. The summed E-state index contributed by atoms with van der Waals surface area (Å²) >= 11 is 0. The zero-order valence-corrected chi connectivity index (χ0v) is 12.2. The van der Waals surface area contributed by atoms with E-state index in [2.05, 4.69) is 17.1 Å². The Bertz CT molecular complexity index is 533. The highest BCUT2D eigenvalue weighted by molar-refractivity contribution is 5.96. The highest BCUT2D eigenvalue weighted by Gasteiger charge is 2.26. The minimum absolute atomic E-state index is 0.0630. The monoisotopic (exact) mass is 286 g/mol. The number of phenolic OH excluding ortho intramolecular Hbond substituents is 1. The van der Waals surface area contributed by atoms with Crippen LogP contribution in [0.25, 0.3) is 0 Å². The van der Waals surface area contributed by atoms with Crippen LogP contribution in [0.2, 0.25) is 0 Å². The number of nitrogens with zero attached hydrogens (tertiary/aromatic N) is 2. The molecule has 0 radical (unpaired) electrons. The number of phenols is 1. The molecule has 1 aromatic carbocycles. The number of piperazine rings is 1. The number of benzene rings is 1. The number of amides is 1. The van der Waals surface area contributed by atoms with Crippen LogP contribution in [-0.4, -0.2) is 53.0 Å². The summed E-state index contributed by atoms with van der Waals surface area (Å²) in [5.74, 6) is 0.00656. The standard InChI is InChI=1S/C17H22N2O2/c20-16-9-5-4-8-15(16)17(21)19-12-10-18(11-13-19)14-6-2-1-3-7-14/h2,4-6,8-9,14,20H,1,3,7,10-13H2. The van der Waals surface area contributed by atoms with Crippen molar-refractivity contribution in [1.29, 1.82) is 0 Å². The van der Waals surface area contributed by atoms with Crippen molar-refractivity contribution in [3.63, 3.8) is 0 Å². The molecule has 1 N–H and O–H groups in total. The molecule has 2 aliphatic rings. The van der Waals surface area contributed by atoms with E-state index in [1.165, 1.54) is 19.3 Å². The zero-order chi connectivity index (χ0) is 14.7. The molecular formula is C17H22N2O2. The van der Waals surface area contributed by atoms with Crippen molar-refractivity contribution < 1.29 is 9.90 Å². The lowest BCUT2D eigenvalue weighted by Gasteiger charge is -2.39. The van der Waals surface area contributed by atoms with E-state index in [1.807, 2.05) is 4.90 Å². The van der Waals surface area contributed by atoms with Crippen molar-refractivity contribution in [3.8, 4) is 5.75 Å². The molecule has 1 aromatic rings. The summed E-state index contributed by atoms with van der Waals surface area (Å²) in [6.45, 7) is 3.29. The largest absolute Gasteiger partial charge is 0.507 e. The maximum atomic E-state index is 12.4. The first-order valence-corrected chi connectivity index (χ1v) is 7.73. The fourth-order valence-electron chi connectivity index (χ4n) is 3.18. The van der Waals surface area contributed by atoms with Crippen LogP contribution in [0.15, 0.2) is 36.4 Å². The average Bonchev–Trinajstić information content (AvgIpc) is 2.56. The molecule has 0 bridgehead atoms. The van der Waals surface area contributed by atoms with Crippen molar-refractivity contribution >= 4 is 5.91 Å². The molecule has 21 heavy (non-hydrogen) atoms. The lowest BCUT2D eigenvalue weighted by Crippen LogP contribution is -2.51. The number of carbonyl (C=O) groups is 1. The van der Waals surface area contributed by atoms with Crippen LogP contribution in [-0.2, 0) is 0 Å². The molecule has 4 nitrogen and oxygen atoms in total. The summed E-state index contributed by atoms with van der Waals surface area (Å²) in [5.41, 5.74) is 0.406. The number of carbonyl (C=O) groups excluding carboxylic acids is 1. The van der Waals surface area contributed by atoms with Gasteiger partial charge in [-0.2, -0.15) is 0 Å². The van der Waals surface area contributed by atoms with E-state index in [-0.39, 0.29) is 11.7 Å². The topological polar surface area (TPSA) is 43.8 Å². The predicted octanol–water partition coefficient (Wildman–Crippen LogP) is 2.26. The van der Waals surface area contributed by atoms with Gasteiger partial charge in [0, 0.05) is 32.2 Å². The number of rotatable bonds is 2. The van der Waals surface area contributed by atoms with E-state index in [9.17, 15) is 9.90 Å². The first-order valence-electron chi connectivity index (χ1n) is 7.73. The lowest BCUT2D eigenvalue weighted by atomic mass is 10.0. The van der Waals surface area contributed by atoms with Crippen molar-refractivity contribution in [2.45, 2.75) is 25.3 Å². The predicted molar refractivity (Wildman–Crippen MR) is 82.4 cm³/mol. The second-order valence-corrected chi connectivity index (χ2v) is 5.77. The normalized spacial score (nSPS) is 23.2. The van der Waals surface area contributed by atoms with Gasteiger partial charge in [-0.1, -0.05) is 24.3 Å². The van der Waals surface area contributed by atoms with E-state index >= 15 is 0 Å². The number of para-hydroxylation sites is 1. The molecule has 1 atom stereocenters. The number of allylic oxidation sites excluding steroid dienone is 1. The Morgan fingerprint density at radius 3 is 2.57 bits per heavy atom. The Balaban J connectivity index is 1.60. The van der Waals surface area contributed by atoms with Crippen LogP contribution in [0.3, 0.4) is 0 Å². The van der Waals surface area contributed by atoms with Gasteiger partial charge in [0.2, 0.25) is 0 Å². The third-order valence-corrected chi connectivity index (χ3v) is 4.43. The van der Waals surface area contributed by atoms with Gasteiger partial charge in [0.05, 0.1) is 5.56 Å². The van der Waals surface area contributed by atoms with Gasteiger partial charge in [0.15, 0.2) is 0 Å². The average molecular weight is 286 g/mol. The molecule has 1 amide bonds. The Morgan fingerprint density at radius 2 is 1.90 bits per heavy atom. The summed E-state index contributed by atoms with van der Waals surface area (Å²) in [6.07, 6.45) is 8.27. The van der Waals surface area contributed by atoms with Crippen LogP contribution in [0, 0.1) is 0 Å². The van der Waals surface area contributed by atoms with Crippen molar-refractivity contribution in [3.05, 3.63) is 42.0 Å². The fraction of sp³-hybridized carbons (Fsp3) is 0.471. The first kappa shape index (κ1) is 14.1. The Labute approximate surface area is 125 Å². The zero-order valence-electron chi connectivity index (χ0n) is 12.2. The SMILES string of the molecule is O=C(c1ccccc1O)N1CCN(C2C=CCCC2)CC1. The number of hydrogen-bond acceptors (Lipinski definition) is 3. The third-order valence-electron chi connectivity index (χ3n) is 4.43. The summed E-state index contributed by atoms with van der Waals surface area (Å²) in [4.78, 5) is 16.7. The van der Waals surface area contributed by atoms with E-state index in [1.54, 1.807) is 24.3 Å². The second kappa shape index (κ2) is 6.31. The van der Waals surface area contributed by atoms with Gasteiger partial charge >= 0.3 is 0 Å². The Kier molecular flexibility index (Phi) is 4.25. The maximum Gasteiger partial charge on any atom is 0.257 e. The minimum atomic E-state index is -0.0630. The number of aromatic hydroxyl groups is 1. The molecule has 3 rings (SSSR count). The van der Waals surface area contributed by atoms with Crippen molar-refractivity contribution in [2.24, 2.45) is 0 Å². The van der Waals surface area contributed by atoms with Gasteiger partial charge in [0.25, 0.3) is 5.91 Å². The highest BCUT2D eigenvalue weighted by Crippen LogP contribution is 2.21. The molecular weight excluding hydrogens is 264 g/mol. The second-order valence-electron chi connectivity index (χ2n) is 5.77. The maximum absolute atomic E-state index is 12.4. The summed E-state index contributed by atoms with van der Waals surface area (Å²) < 4.78 is 0. The van der Waals surface area contributed by atoms with E-state index in [0.29, 0.717) is 11.6 Å². The van der Waals surface area contributed by atoms with Crippen LogP contribution < -0.4 is 0 Å². The summed E-state index contributed by atoms with van der Waals surface area (Å²) in [6, 6.07) is 7.32. The van der Waals surface area contributed by atoms with Gasteiger partial charge in [-0.3, -0.25) is 9.69 Å². The van der Waals surface area contributed by atoms with Crippen molar-refractivity contribution in [2.75, 3.05) is 26.2 Å². The molecule has 0 saturated carbocycles. The molecule has 112 valence electrons. The van der Waals surface area contributed by atoms with Crippen LogP contribution in [0.5, 0.6) is 5.75 Å². The third kappa shape index (κ3) is 3.10. The molecule has 1 heterocycles. The van der Waals surface area contributed by atoms with Crippen molar-refractivity contribution in [1.82, 2.24) is 9.80 Å². The van der Waals surface area contributed by atoms with Gasteiger partial charge < -0.3 is 10.0 Å².